The Labute approximate surface area is 163 Å². The van der Waals surface area contributed by atoms with E-state index in [0.29, 0.717) is 23.6 Å². The van der Waals surface area contributed by atoms with Gasteiger partial charge in [-0.2, -0.15) is 5.26 Å². The van der Waals surface area contributed by atoms with Gasteiger partial charge in [0.2, 0.25) is 5.91 Å². The summed E-state index contributed by atoms with van der Waals surface area (Å²) in [5.74, 6) is -0.0833. The number of ether oxygens (including phenoxy) is 2. The largest absolute Gasteiger partial charge is 0.493 e. The molecule has 7 nitrogen and oxygen atoms in total. The highest BCUT2D eigenvalue weighted by molar-refractivity contribution is 5.92. The van der Waals surface area contributed by atoms with E-state index in [1.165, 1.54) is 18.1 Å². The normalized spacial score (nSPS) is 10.3. The summed E-state index contributed by atoms with van der Waals surface area (Å²) < 4.78 is 10.5. The van der Waals surface area contributed by atoms with Gasteiger partial charge in [-0.1, -0.05) is 36.4 Å². The average Bonchev–Trinajstić information content (AvgIpc) is 2.71. The van der Waals surface area contributed by atoms with Crippen LogP contribution in [0.15, 0.2) is 54.6 Å². The van der Waals surface area contributed by atoms with Crippen LogP contribution in [0.1, 0.15) is 11.1 Å². The molecule has 144 valence electrons. The van der Waals surface area contributed by atoms with Gasteiger partial charge in [-0.25, -0.2) is 0 Å². The molecule has 0 radical (unpaired) electrons. The van der Waals surface area contributed by atoms with E-state index in [2.05, 4.69) is 0 Å². The molecule has 0 atom stereocenters. The second kappa shape index (κ2) is 10.4. The van der Waals surface area contributed by atoms with Gasteiger partial charge in [0.05, 0.1) is 13.2 Å². The highest BCUT2D eigenvalue weighted by atomic mass is 16.5. The van der Waals surface area contributed by atoms with Crippen molar-refractivity contribution in [2.75, 3.05) is 20.3 Å². The maximum atomic E-state index is 12.5. The fourth-order valence-corrected chi connectivity index (χ4v) is 2.43. The highest BCUT2D eigenvalue weighted by Crippen LogP contribution is 2.28. The summed E-state index contributed by atoms with van der Waals surface area (Å²) >= 11 is 0. The Kier molecular flexibility index (Phi) is 7.61. The Morgan fingerprint density at radius 2 is 1.93 bits per heavy atom. The van der Waals surface area contributed by atoms with Gasteiger partial charge >= 0.3 is 0 Å². The first-order valence-corrected chi connectivity index (χ1v) is 8.50. The molecule has 2 amide bonds. The number of nitrogens with two attached hydrogens (primary N) is 1. The van der Waals surface area contributed by atoms with Crippen LogP contribution >= 0.6 is 0 Å². The molecule has 0 bridgehead atoms. The molecule has 2 aromatic rings. The summed E-state index contributed by atoms with van der Waals surface area (Å²) in [7, 11) is 1.47. The Bertz CT molecular complexity index is 888. The van der Waals surface area contributed by atoms with Gasteiger partial charge in [0.25, 0.3) is 5.91 Å². The minimum Gasteiger partial charge on any atom is -0.493 e. The molecule has 0 aliphatic carbocycles. The summed E-state index contributed by atoms with van der Waals surface area (Å²) in [5.41, 5.74) is 6.71. The molecular weight excluding hydrogens is 358 g/mol. The van der Waals surface area contributed by atoms with Gasteiger partial charge < -0.3 is 20.1 Å². The zero-order valence-corrected chi connectivity index (χ0v) is 15.5. The lowest BCUT2D eigenvalue weighted by atomic mass is 10.1. The summed E-state index contributed by atoms with van der Waals surface area (Å²) in [4.78, 5) is 24.8. The van der Waals surface area contributed by atoms with Gasteiger partial charge in [0.1, 0.15) is 6.54 Å². The fourth-order valence-electron chi connectivity index (χ4n) is 2.43. The first kappa shape index (κ1) is 20.5. The zero-order valence-electron chi connectivity index (χ0n) is 15.5. The summed E-state index contributed by atoms with van der Waals surface area (Å²) in [6.45, 7) is 0.0781. The highest BCUT2D eigenvalue weighted by Gasteiger charge is 2.11. The quantitative estimate of drug-likeness (QED) is 0.531. The Hall–Kier alpha value is -3.79. The van der Waals surface area contributed by atoms with E-state index in [0.717, 1.165) is 5.56 Å². The Balaban J connectivity index is 2.10. The number of hydrogen-bond donors (Lipinski definition) is 1. The van der Waals surface area contributed by atoms with E-state index in [1.54, 1.807) is 24.3 Å². The van der Waals surface area contributed by atoms with Crippen molar-refractivity contribution in [1.82, 2.24) is 4.90 Å². The zero-order chi connectivity index (χ0) is 20.4. The second-order valence-corrected chi connectivity index (χ2v) is 5.84. The number of benzene rings is 2. The van der Waals surface area contributed by atoms with Crippen molar-refractivity contribution in [2.45, 2.75) is 6.54 Å². The molecule has 2 rings (SSSR count). The lowest BCUT2D eigenvalue weighted by Crippen LogP contribution is -2.29. The third kappa shape index (κ3) is 6.18. The molecular formula is C21H21N3O4. The van der Waals surface area contributed by atoms with Crippen molar-refractivity contribution in [1.29, 1.82) is 5.26 Å². The van der Waals surface area contributed by atoms with Crippen molar-refractivity contribution in [3.05, 3.63) is 65.7 Å². The van der Waals surface area contributed by atoms with Crippen LogP contribution in [0.5, 0.6) is 11.5 Å². The van der Waals surface area contributed by atoms with Crippen LogP contribution in [-0.4, -0.2) is 37.0 Å². The number of carbonyl (C=O) groups is 2. The molecule has 0 unspecified atom stereocenters. The third-order valence-electron chi connectivity index (χ3n) is 3.77. The fraction of sp³-hybridized carbons (Fsp3) is 0.190. The molecule has 2 aromatic carbocycles. The van der Waals surface area contributed by atoms with Gasteiger partial charge in [0, 0.05) is 12.6 Å². The molecule has 0 aromatic heterocycles. The molecule has 0 saturated carbocycles. The van der Waals surface area contributed by atoms with Gasteiger partial charge in [0.15, 0.2) is 18.1 Å². The van der Waals surface area contributed by atoms with Gasteiger partial charge in [-0.3, -0.25) is 9.59 Å². The molecule has 0 fully saturated rings. The molecule has 0 spiro atoms. The van der Waals surface area contributed by atoms with Crippen molar-refractivity contribution in [2.24, 2.45) is 5.73 Å². The van der Waals surface area contributed by atoms with Crippen molar-refractivity contribution >= 4 is 17.9 Å². The minimum absolute atomic E-state index is 0.0126. The first-order chi connectivity index (χ1) is 13.5. The van der Waals surface area contributed by atoms with Crippen molar-refractivity contribution < 1.29 is 19.1 Å². The maximum absolute atomic E-state index is 12.5. The van der Waals surface area contributed by atoms with Crippen LogP contribution in [-0.2, 0) is 16.1 Å². The van der Waals surface area contributed by atoms with Crippen molar-refractivity contribution in [3.8, 4) is 17.6 Å². The van der Waals surface area contributed by atoms with Crippen LogP contribution < -0.4 is 15.2 Å². The van der Waals surface area contributed by atoms with E-state index in [-0.39, 0.29) is 19.1 Å². The van der Waals surface area contributed by atoms with E-state index in [9.17, 15) is 9.59 Å². The van der Waals surface area contributed by atoms with Gasteiger partial charge in [-0.15, -0.1) is 0 Å². The first-order valence-electron chi connectivity index (χ1n) is 8.50. The molecule has 2 N–H and O–H groups in total. The predicted octanol–water partition coefficient (Wildman–Crippen LogP) is 2.12. The number of hydrogen-bond acceptors (Lipinski definition) is 5. The van der Waals surface area contributed by atoms with E-state index >= 15 is 0 Å². The molecule has 0 aliphatic rings. The average molecular weight is 379 g/mol. The number of nitrogens with zero attached hydrogens (tertiary/aromatic N) is 2. The Morgan fingerprint density at radius 1 is 1.18 bits per heavy atom. The lowest BCUT2D eigenvalue weighted by Gasteiger charge is -2.17. The number of rotatable bonds is 9. The predicted molar refractivity (Wildman–Crippen MR) is 104 cm³/mol. The topological polar surface area (TPSA) is 106 Å². The monoisotopic (exact) mass is 379 g/mol. The van der Waals surface area contributed by atoms with Crippen LogP contribution in [0, 0.1) is 11.3 Å². The van der Waals surface area contributed by atoms with Gasteiger partial charge in [-0.05, 0) is 29.3 Å². The summed E-state index contributed by atoms with van der Waals surface area (Å²) in [5, 5.41) is 9.01. The maximum Gasteiger partial charge on any atom is 0.255 e. The Morgan fingerprint density at radius 3 is 2.57 bits per heavy atom. The molecule has 0 heterocycles. The smallest absolute Gasteiger partial charge is 0.255 e. The third-order valence-corrected chi connectivity index (χ3v) is 3.77. The van der Waals surface area contributed by atoms with E-state index in [4.69, 9.17) is 20.5 Å². The van der Waals surface area contributed by atoms with Crippen LogP contribution in [0.2, 0.25) is 0 Å². The molecule has 7 heteroatoms. The second-order valence-electron chi connectivity index (χ2n) is 5.84. The van der Waals surface area contributed by atoms with Crippen LogP contribution in [0.3, 0.4) is 0 Å². The number of methoxy groups -OCH3 is 1. The SMILES string of the molecule is COc1cc(/C=C/C(=O)N(CC#N)Cc2ccccc2)ccc1OCC(N)=O. The number of carbonyl (C=O) groups excluding carboxylic acids is 2. The number of amides is 2. The molecule has 0 saturated heterocycles. The van der Waals surface area contributed by atoms with Crippen LogP contribution in [0.25, 0.3) is 6.08 Å². The van der Waals surface area contributed by atoms with E-state index < -0.39 is 5.91 Å². The lowest BCUT2D eigenvalue weighted by molar-refractivity contribution is -0.126. The van der Waals surface area contributed by atoms with E-state index in [1.807, 2.05) is 36.4 Å². The number of primary amides is 1. The van der Waals surface area contributed by atoms with Crippen molar-refractivity contribution in [3.63, 3.8) is 0 Å². The molecule has 0 aliphatic heterocycles. The summed E-state index contributed by atoms with van der Waals surface area (Å²) in [6, 6.07) is 16.5. The standard InChI is InChI=1S/C21H21N3O4/c1-27-19-13-16(7-9-18(19)28-15-20(23)25)8-10-21(26)24(12-11-22)14-17-5-3-2-4-6-17/h2-10,13H,12,14-15H2,1H3,(H2,23,25)/b10-8+. The van der Waals surface area contributed by atoms with Crippen LogP contribution in [0.4, 0.5) is 0 Å². The summed E-state index contributed by atoms with van der Waals surface area (Å²) in [6.07, 6.45) is 3.02. The molecule has 28 heavy (non-hydrogen) atoms. The minimum atomic E-state index is -0.590. The number of nitriles is 1.